The summed E-state index contributed by atoms with van der Waals surface area (Å²) >= 11 is 0. The number of alkyl halides is 2. The molecule has 1 aliphatic heterocycles. The average Bonchev–Trinajstić information content (AvgIpc) is 3.30. The molecule has 7 nitrogen and oxygen atoms in total. The van der Waals surface area contributed by atoms with E-state index in [1.165, 1.54) is 11.8 Å². The maximum atomic E-state index is 14.4. The molecular weight excluding hydrogens is 524 g/mol. The second kappa shape index (κ2) is 14.1. The maximum absolute atomic E-state index is 14.4. The third-order valence-electron chi connectivity index (χ3n) is 7.52. The molecule has 2 aromatic rings. The molecule has 0 aliphatic carbocycles. The molecule has 39 heavy (non-hydrogen) atoms. The van der Waals surface area contributed by atoms with E-state index in [2.05, 4.69) is 0 Å². The first-order valence-corrected chi connectivity index (χ1v) is 15.7. The second-order valence-electron chi connectivity index (χ2n) is 10.1. The van der Waals surface area contributed by atoms with Gasteiger partial charge in [-0.2, -0.15) is 0 Å². The molecule has 0 aromatic heterocycles. The summed E-state index contributed by atoms with van der Waals surface area (Å²) in [7, 11) is -3.17. The van der Waals surface area contributed by atoms with Gasteiger partial charge in [0.15, 0.2) is 0 Å². The number of carboxylic acid groups (broad SMARTS) is 1. The van der Waals surface area contributed by atoms with E-state index < -0.39 is 51.0 Å². The zero-order valence-corrected chi connectivity index (χ0v) is 23.6. The van der Waals surface area contributed by atoms with Gasteiger partial charge in [-0.25, -0.2) is 13.6 Å². The SMILES string of the molecule is CCCC(F)OC(=O)[C@]1(CCO)CC[C@H](C(=O)O)N1CO[Si](CCC(C)F)(c1ccccc1)c1ccccc1. The Morgan fingerprint density at radius 1 is 1.08 bits per heavy atom. The second-order valence-corrected chi connectivity index (χ2v) is 13.7. The van der Waals surface area contributed by atoms with Crippen molar-refractivity contribution in [2.45, 2.75) is 82.5 Å². The number of carboxylic acids is 1. The van der Waals surface area contributed by atoms with Gasteiger partial charge in [-0.15, -0.1) is 0 Å². The van der Waals surface area contributed by atoms with Gasteiger partial charge in [-0.05, 0) is 55.4 Å². The maximum Gasteiger partial charge on any atom is 0.329 e. The zero-order chi connectivity index (χ0) is 28.5. The number of benzene rings is 2. The van der Waals surface area contributed by atoms with Crippen molar-refractivity contribution in [2.75, 3.05) is 13.3 Å². The number of aliphatic carboxylic acids is 1. The van der Waals surface area contributed by atoms with E-state index >= 15 is 0 Å². The Balaban J connectivity index is 2.07. The molecule has 2 N–H and O–H groups in total. The summed E-state index contributed by atoms with van der Waals surface area (Å²) in [6, 6.07) is 18.2. The summed E-state index contributed by atoms with van der Waals surface area (Å²) in [6.45, 7) is 2.53. The summed E-state index contributed by atoms with van der Waals surface area (Å²) in [4.78, 5) is 27.1. The monoisotopic (exact) mass is 563 g/mol. The van der Waals surface area contributed by atoms with Crippen molar-refractivity contribution in [1.82, 2.24) is 4.90 Å². The van der Waals surface area contributed by atoms with E-state index in [4.69, 9.17) is 9.16 Å². The summed E-state index contributed by atoms with van der Waals surface area (Å²) in [5.74, 6) is -2.06. The predicted octanol–water partition coefficient (Wildman–Crippen LogP) is 3.78. The van der Waals surface area contributed by atoms with Gasteiger partial charge in [0.25, 0.3) is 8.32 Å². The minimum Gasteiger partial charge on any atom is -0.480 e. The number of likely N-dealkylation sites (tertiary alicyclic amines) is 1. The molecule has 2 unspecified atom stereocenters. The third kappa shape index (κ3) is 7.11. The molecule has 4 atom stereocenters. The highest BCUT2D eigenvalue weighted by molar-refractivity contribution is 6.97. The molecule has 0 amide bonds. The minimum atomic E-state index is -3.17. The molecule has 0 spiro atoms. The lowest BCUT2D eigenvalue weighted by Gasteiger charge is -2.41. The first-order valence-electron chi connectivity index (χ1n) is 13.5. The van der Waals surface area contributed by atoms with Crippen molar-refractivity contribution in [3.8, 4) is 0 Å². The molecule has 1 aliphatic rings. The number of hydrogen-bond acceptors (Lipinski definition) is 6. The summed E-state index contributed by atoms with van der Waals surface area (Å²) in [5, 5.41) is 21.7. The van der Waals surface area contributed by atoms with Gasteiger partial charge in [0.05, 0.1) is 12.9 Å². The first kappa shape index (κ1) is 30.9. The normalized spacial score (nSPS) is 21.4. The minimum absolute atomic E-state index is 0.0132. The van der Waals surface area contributed by atoms with Crippen LogP contribution in [-0.2, 0) is 18.8 Å². The Bertz CT molecular complexity index is 1020. The zero-order valence-electron chi connectivity index (χ0n) is 22.6. The van der Waals surface area contributed by atoms with Gasteiger partial charge in [0.1, 0.15) is 11.6 Å². The molecule has 1 fully saturated rings. The topological polar surface area (TPSA) is 96.3 Å². The van der Waals surface area contributed by atoms with Gasteiger partial charge in [-0.1, -0.05) is 67.6 Å². The van der Waals surface area contributed by atoms with Crippen molar-refractivity contribution >= 4 is 30.6 Å². The van der Waals surface area contributed by atoms with Crippen molar-refractivity contribution < 1.29 is 37.7 Å². The van der Waals surface area contributed by atoms with Crippen LogP contribution in [0.4, 0.5) is 8.78 Å². The van der Waals surface area contributed by atoms with E-state index in [0.29, 0.717) is 12.5 Å². The standard InChI is InChI=1S/C29H39F2NO6Si/c1-3-10-26(31)38-28(36)29(18-19-33)17-15-25(27(34)35)32(29)21-37-39(20-16-22(2)30,23-11-6-4-7-12-23)24-13-8-5-9-14-24/h4-9,11-14,22,25-26,33H,3,10,15-21H2,1-2H3,(H,34,35)/t22?,25-,26?,29-/m1/s1. The number of rotatable bonds is 15. The van der Waals surface area contributed by atoms with Crippen molar-refractivity contribution in [3.05, 3.63) is 60.7 Å². The van der Waals surface area contributed by atoms with E-state index in [9.17, 15) is 28.6 Å². The average molecular weight is 564 g/mol. The Labute approximate surface area is 229 Å². The van der Waals surface area contributed by atoms with E-state index in [1.54, 1.807) is 6.92 Å². The highest BCUT2D eigenvalue weighted by atomic mass is 28.4. The van der Waals surface area contributed by atoms with E-state index in [1.807, 2.05) is 60.7 Å². The van der Waals surface area contributed by atoms with Crippen LogP contribution in [0.5, 0.6) is 0 Å². The molecule has 214 valence electrons. The highest BCUT2D eigenvalue weighted by Crippen LogP contribution is 2.39. The van der Waals surface area contributed by atoms with Crippen LogP contribution in [-0.4, -0.2) is 72.8 Å². The summed E-state index contributed by atoms with van der Waals surface area (Å²) in [5.41, 5.74) is -1.57. The van der Waals surface area contributed by atoms with Gasteiger partial charge >= 0.3 is 11.9 Å². The van der Waals surface area contributed by atoms with Crippen LogP contribution in [0.3, 0.4) is 0 Å². The molecule has 0 saturated carbocycles. The number of carbonyl (C=O) groups excluding carboxylic acids is 1. The van der Waals surface area contributed by atoms with E-state index in [0.717, 1.165) is 10.4 Å². The predicted molar refractivity (Wildman–Crippen MR) is 147 cm³/mol. The van der Waals surface area contributed by atoms with Crippen LogP contribution < -0.4 is 10.4 Å². The van der Waals surface area contributed by atoms with Gasteiger partial charge in [0, 0.05) is 13.0 Å². The fourth-order valence-corrected chi connectivity index (χ4v) is 9.43. The van der Waals surface area contributed by atoms with E-state index in [-0.39, 0.29) is 38.8 Å². The van der Waals surface area contributed by atoms with Crippen LogP contribution in [0.25, 0.3) is 0 Å². The fourth-order valence-electron chi connectivity index (χ4n) is 5.42. The largest absolute Gasteiger partial charge is 0.480 e. The smallest absolute Gasteiger partial charge is 0.329 e. The number of ether oxygens (including phenoxy) is 1. The lowest BCUT2D eigenvalue weighted by atomic mass is 9.92. The Hall–Kier alpha value is -2.66. The highest BCUT2D eigenvalue weighted by Gasteiger charge is 2.56. The van der Waals surface area contributed by atoms with Crippen LogP contribution >= 0.6 is 0 Å². The van der Waals surface area contributed by atoms with Crippen LogP contribution in [0.15, 0.2) is 60.7 Å². The van der Waals surface area contributed by atoms with Crippen molar-refractivity contribution in [2.24, 2.45) is 0 Å². The Kier molecular flexibility index (Phi) is 11.2. The van der Waals surface area contributed by atoms with Crippen molar-refractivity contribution in [1.29, 1.82) is 0 Å². The quantitative estimate of drug-likeness (QED) is 0.252. The van der Waals surface area contributed by atoms with Crippen LogP contribution in [0.1, 0.15) is 52.4 Å². The Morgan fingerprint density at radius 2 is 1.67 bits per heavy atom. The number of hydrogen-bond donors (Lipinski definition) is 2. The number of esters is 1. The first-order chi connectivity index (χ1) is 18.7. The summed E-state index contributed by atoms with van der Waals surface area (Å²) < 4.78 is 40.5. The van der Waals surface area contributed by atoms with Crippen LogP contribution in [0.2, 0.25) is 6.04 Å². The molecule has 0 bridgehead atoms. The molecule has 1 heterocycles. The van der Waals surface area contributed by atoms with Crippen molar-refractivity contribution in [3.63, 3.8) is 0 Å². The number of aliphatic hydroxyl groups is 1. The Morgan fingerprint density at radius 3 is 2.15 bits per heavy atom. The lowest BCUT2D eigenvalue weighted by Crippen LogP contribution is -2.64. The fraction of sp³-hybridized carbons (Fsp3) is 0.517. The van der Waals surface area contributed by atoms with Gasteiger partial charge in [-0.3, -0.25) is 9.69 Å². The number of nitrogens with zero attached hydrogens (tertiary/aromatic N) is 1. The lowest BCUT2D eigenvalue weighted by molar-refractivity contribution is -0.177. The molecule has 2 aromatic carbocycles. The molecular formula is C29H39F2NO6Si. The molecule has 1 saturated heterocycles. The van der Waals surface area contributed by atoms with Gasteiger partial charge < -0.3 is 19.4 Å². The summed E-state index contributed by atoms with van der Waals surface area (Å²) in [6.07, 6.45) is -2.19. The number of halogens is 2. The molecule has 10 heteroatoms. The number of carbonyl (C=O) groups is 2. The molecule has 0 radical (unpaired) electrons. The number of aliphatic hydroxyl groups excluding tert-OH is 1. The van der Waals surface area contributed by atoms with Crippen LogP contribution in [0, 0.1) is 0 Å². The van der Waals surface area contributed by atoms with Gasteiger partial charge in [0.2, 0.25) is 6.36 Å². The third-order valence-corrected chi connectivity index (χ3v) is 11.7. The molecule has 3 rings (SSSR count).